The molecule has 0 bridgehead atoms. The van der Waals surface area contributed by atoms with Gasteiger partial charge in [-0.3, -0.25) is 4.90 Å². The molecule has 104 valence electrons. The summed E-state index contributed by atoms with van der Waals surface area (Å²) in [6.07, 6.45) is 5.74. The molecular formula is C15H29N3. The lowest BCUT2D eigenvalue weighted by Crippen LogP contribution is -2.57. The van der Waals surface area contributed by atoms with Crippen molar-refractivity contribution in [2.24, 2.45) is 11.8 Å². The standard InChI is InChI=1S/C15H29N3/c1-12-9-16-15(14-3-4-14)11-18(12)10-13-5-7-17(2)8-6-13/h12-16H,3-11H2,1-2H3. The predicted octanol–water partition coefficient (Wildman–Crippen LogP) is 1.40. The van der Waals surface area contributed by atoms with Gasteiger partial charge in [0, 0.05) is 31.7 Å². The zero-order valence-corrected chi connectivity index (χ0v) is 12.1. The summed E-state index contributed by atoms with van der Waals surface area (Å²) in [6, 6.07) is 1.53. The number of piperazine rings is 1. The smallest absolute Gasteiger partial charge is 0.0224 e. The Balaban J connectivity index is 1.50. The Morgan fingerprint density at radius 3 is 2.50 bits per heavy atom. The molecule has 2 unspecified atom stereocenters. The molecule has 3 heteroatoms. The fraction of sp³-hybridized carbons (Fsp3) is 1.00. The third-order valence-electron chi connectivity index (χ3n) is 5.25. The van der Waals surface area contributed by atoms with Crippen molar-refractivity contribution < 1.29 is 0 Å². The van der Waals surface area contributed by atoms with Gasteiger partial charge in [0.15, 0.2) is 0 Å². The Hall–Kier alpha value is -0.120. The highest BCUT2D eigenvalue weighted by Gasteiger charge is 2.36. The first-order valence-electron chi connectivity index (χ1n) is 7.88. The Bertz CT molecular complexity index is 269. The molecule has 18 heavy (non-hydrogen) atoms. The van der Waals surface area contributed by atoms with Gasteiger partial charge in [0.2, 0.25) is 0 Å². The number of rotatable bonds is 3. The molecule has 2 aliphatic heterocycles. The van der Waals surface area contributed by atoms with Gasteiger partial charge < -0.3 is 10.2 Å². The molecule has 3 nitrogen and oxygen atoms in total. The zero-order chi connectivity index (χ0) is 12.5. The van der Waals surface area contributed by atoms with Crippen LogP contribution in [0.1, 0.15) is 32.6 Å². The van der Waals surface area contributed by atoms with Gasteiger partial charge in [-0.2, -0.15) is 0 Å². The first kappa shape index (κ1) is 12.9. The zero-order valence-electron chi connectivity index (χ0n) is 12.1. The van der Waals surface area contributed by atoms with E-state index in [4.69, 9.17) is 0 Å². The van der Waals surface area contributed by atoms with E-state index in [0.717, 1.165) is 23.9 Å². The second kappa shape index (κ2) is 5.48. The molecule has 3 fully saturated rings. The third kappa shape index (κ3) is 3.06. The summed E-state index contributed by atoms with van der Waals surface area (Å²) in [5.41, 5.74) is 0. The fourth-order valence-electron chi connectivity index (χ4n) is 3.59. The van der Waals surface area contributed by atoms with Gasteiger partial charge in [-0.25, -0.2) is 0 Å². The van der Waals surface area contributed by atoms with E-state index in [1.807, 2.05) is 0 Å². The highest BCUT2D eigenvalue weighted by atomic mass is 15.2. The van der Waals surface area contributed by atoms with E-state index >= 15 is 0 Å². The first-order valence-corrected chi connectivity index (χ1v) is 7.88. The molecule has 3 rings (SSSR count). The highest BCUT2D eigenvalue weighted by molar-refractivity contribution is 4.94. The van der Waals surface area contributed by atoms with Crippen molar-refractivity contribution in [2.45, 2.75) is 44.7 Å². The topological polar surface area (TPSA) is 18.5 Å². The lowest BCUT2D eigenvalue weighted by Gasteiger charge is -2.42. The molecule has 1 N–H and O–H groups in total. The van der Waals surface area contributed by atoms with Crippen molar-refractivity contribution in [1.82, 2.24) is 15.1 Å². The lowest BCUT2D eigenvalue weighted by atomic mass is 9.95. The highest BCUT2D eigenvalue weighted by Crippen LogP contribution is 2.34. The Kier molecular flexibility index (Phi) is 3.92. The number of piperidine rings is 1. The van der Waals surface area contributed by atoms with Crippen molar-refractivity contribution in [3.8, 4) is 0 Å². The Labute approximate surface area is 112 Å². The quantitative estimate of drug-likeness (QED) is 0.818. The van der Waals surface area contributed by atoms with Gasteiger partial charge in [-0.1, -0.05) is 0 Å². The van der Waals surface area contributed by atoms with E-state index < -0.39 is 0 Å². The molecule has 0 radical (unpaired) electrons. The van der Waals surface area contributed by atoms with E-state index in [9.17, 15) is 0 Å². The van der Waals surface area contributed by atoms with Crippen LogP contribution >= 0.6 is 0 Å². The number of hydrogen-bond acceptors (Lipinski definition) is 3. The average Bonchev–Trinajstić information content (AvgIpc) is 3.19. The molecule has 1 aliphatic carbocycles. The van der Waals surface area contributed by atoms with Crippen LogP contribution in [0.2, 0.25) is 0 Å². The Morgan fingerprint density at radius 2 is 1.83 bits per heavy atom. The van der Waals surface area contributed by atoms with Gasteiger partial charge in [-0.05, 0) is 64.6 Å². The van der Waals surface area contributed by atoms with Crippen LogP contribution in [0.5, 0.6) is 0 Å². The van der Waals surface area contributed by atoms with Crippen LogP contribution in [-0.4, -0.2) is 61.7 Å². The molecule has 3 aliphatic rings. The molecule has 0 amide bonds. The number of hydrogen-bond donors (Lipinski definition) is 1. The van der Waals surface area contributed by atoms with Crippen LogP contribution in [0.3, 0.4) is 0 Å². The van der Waals surface area contributed by atoms with Crippen LogP contribution in [0.25, 0.3) is 0 Å². The predicted molar refractivity (Wildman–Crippen MR) is 75.8 cm³/mol. The van der Waals surface area contributed by atoms with Crippen molar-refractivity contribution >= 4 is 0 Å². The Morgan fingerprint density at radius 1 is 1.11 bits per heavy atom. The minimum Gasteiger partial charge on any atom is -0.311 e. The molecule has 0 aromatic heterocycles. The van der Waals surface area contributed by atoms with Crippen molar-refractivity contribution in [3.05, 3.63) is 0 Å². The fourth-order valence-corrected chi connectivity index (χ4v) is 3.59. The molecule has 1 saturated carbocycles. The van der Waals surface area contributed by atoms with Crippen molar-refractivity contribution in [3.63, 3.8) is 0 Å². The minimum absolute atomic E-state index is 0.736. The van der Waals surface area contributed by atoms with Gasteiger partial charge in [-0.15, -0.1) is 0 Å². The maximum absolute atomic E-state index is 3.76. The molecule has 0 spiro atoms. The van der Waals surface area contributed by atoms with Crippen LogP contribution in [0.15, 0.2) is 0 Å². The summed E-state index contributed by atoms with van der Waals surface area (Å²) in [6.45, 7) is 8.85. The van der Waals surface area contributed by atoms with Gasteiger partial charge >= 0.3 is 0 Å². The van der Waals surface area contributed by atoms with E-state index in [1.54, 1.807) is 0 Å². The number of nitrogens with one attached hydrogen (secondary N) is 1. The third-order valence-corrected chi connectivity index (χ3v) is 5.25. The molecular weight excluding hydrogens is 222 g/mol. The molecule has 0 aromatic carbocycles. The van der Waals surface area contributed by atoms with E-state index in [0.29, 0.717) is 0 Å². The van der Waals surface area contributed by atoms with Gasteiger partial charge in [0.25, 0.3) is 0 Å². The minimum atomic E-state index is 0.736. The molecule has 0 aromatic rings. The van der Waals surface area contributed by atoms with Crippen molar-refractivity contribution in [1.29, 1.82) is 0 Å². The SMILES string of the molecule is CC1CNC(C2CC2)CN1CC1CCN(C)CC1. The number of nitrogens with zero attached hydrogens (tertiary/aromatic N) is 2. The summed E-state index contributed by atoms with van der Waals surface area (Å²) >= 11 is 0. The molecule has 2 heterocycles. The summed E-state index contributed by atoms with van der Waals surface area (Å²) in [5, 5.41) is 3.76. The van der Waals surface area contributed by atoms with Crippen molar-refractivity contribution in [2.75, 3.05) is 39.8 Å². The largest absolute Gasteiger partial charge is 0.311 e. The average molecular weight is 251 g/mol. The van der Waals surface area contributed by atoms with Gasteiger partial charge in [0.1, 0.15) is 0 Å². The van der Waals surface area contributed by atoms with Crippen LogP contribution in [0.4, 0.5) is 0 Å². The normalized spacial score (nSPS) is 37.0. The summed E-state index contributed by atoms with van der Waals surface area (Å²) in [7, 11) is 2.26. The summed E-state index contributed by atoms with van der Waals surface area (Å²) in [5.74, 6) is 1.94. The van der Waals surface area contributed by atoms with Crippen LogP contribution in [0, 0.1) is 11.8 Å². The first-order chi connectivity index (χ1) is 8.72. The van der Waals surface area contributed by atoms with Crippen LogP contribution in [-0.2, 0) is 0 Å². The second-order valence-electron chi connectivity index (χ2n) is 6.90. The van der Waals surface area contributed by atoms with Crippen LogP contribution < -0.4 is 5.32 Å². The number of likely N-dealkylation sites (tertiary alicyclic amines) is 1. The maximum atomic E-state index is 3.76. The molecule has 2 saturated heterocycles. The monoisotopic (exact) mass is 251 g/mol. The lowest BCUT2D eigenvalue weighted by molar-refractivity contribution is 0.0918. The van der Waals surface area contributed by atoms with Gasteiger partial charge in [0.05, 0.1) is 0 Å². The second-order valence-corrected chi connectivity index (χ2v) is 6.90. The summed E-state index contributed by atoms with van der Waals surface area (Å²) in [4.78, 5) is 5.25. The molecule has 2 atom stereocenters. The van der Waals surface area contributed by atoms with E-state index in [2.05, 4.69) is 29.1 Å². The summed E-state index contributed by atoms with van der Waals surface area (Å²) < 4.78 is 0. The van der Waals surface area contributed by atoms with E-state index in [-0.39, 0.29) is 0 Å². The van der Waals surface area contributed by atoms with E-state index in [1.165, 1.54) is 58.4 Å². The maximum Gasteiger partial charge on any atom is 0.0224 e.